The van der Waals surface area contributed by atoms with Crippen molar-refractivity contribution in [1.29, 1.82) is 0 Å². The summed E-state index contributed by atoms with van der Waals surface area (Å²) in [4.78, 5) is 13.2. The van der Waals surface area contributed by atoms with Crippen LogP contribution >= 0.6 is 12.4 Å². The predicted molar refractivity (Wildman–Crippen MR) is 68.5 cm³/mol. The molecule has 0 spiro atoms. The van der Waals surface area contributed by atoms with Crippen LogP contribution in [0.25, 0.3) is 0 Å². The Labute approximate surface area is 107 Å². The van der Waals surface area contributed by atoms with E-state index in [4.69, 9.17) is 5.73 Å². The fourth-order valence-corrected chi connectivity index (χ4v) is 1.48. The number of nitrogens with zero attached hydrogens (tertiary/aromatic N) is 1. The minimum absolute atomic E-state index is 0. The molecule has 3 nitrogen and oxygen atoms in total. The number of halogens is 2. The molecule has 1 rings (SSSR count). The third kappa shape index (κ3) is 3.98. The molecule has 0 aliphatic heterocycles. The number of hydrogen-bond donors (Lipinski definition) is 1. The molecule has 2 N–H and O–H groups in total. The molecule has 0 aromatic heterocycles. The molecule has 1 amide bonds. The number of rotatable bonds is 3. The summed E-state index contributed by atoms with van der Waals surface area (Å²) in [5, 5.41) is 0. The highest BCUT2D eigenvalue weighted by molar-refractivity contribution is 5.85. The van der Waals surface area contributed by atoms with E-state index in [1.807, 2.05) is 6.92 Å². The van der Waals surface area contributed by atoms with Gasteiger partial charge in [0.15, 0.2) is 0 Å². The molecule has 1 aromatic rings. The average Bonchev–Trinajstić information content (AvgIpc) is 2.27. The molecule has 0 saturated heterocycles. The van der Waals surface area contributed by atoms with Crippen molar-refractivity contribution in [2.45, 2.75) is 25.9 Å². The van der Waals surface area contributed by atoms with Crippen LogP contribution in [0.3, 0.4) is 0 Å². The van der Waals surface area contributed by atoms with E-state index < -0.39 is 6.04 Å². The normalized spacial score (nSPS) is 13.5. The third-order valence-electron chi connectivity index (χ3n) is 2.67. The SMILES string of the molecule is CC(c1ccc(F)cc1)N(C)C(=O)[C@H](C)N.Cl. The quantitative estimate of drug-likeness (QED) is 0.905. The molecule has 0 saturated carbocycles. The van der Waals surface area contributed by atoms with E-state index in [0.29, 0.717) is 0 Å². The maximum atomic E-state index is 12.7. The molecule has 1 aromatic carbocycles. The second-order valence-electron chi connectivity index (χ2n) is 3.97. The van der Waals surface area contributed by atoms with E-state index in [9.17, 15) is 9.18 Å². The van der Waals surface area contributed by atoms with Gasteiger partial charge in [-0.15, -0.1) is 12.4 Å². The van der Waals surface area contributed by atoms with Gasteiger partial charge in [-0.3, -0.25) is 4.79 Å². The number of nitrogens with two attached hydrogens (primary N) is 1. The Balaban J connectivity index is 0.00000256. The lowest BCUT2D eigenvalue weighted by Crippen LogP contribution is -2.40. The Morgan fingerprint density at radius 2 is 1.76 bits per heavy atom. The molecule has 0 aliphatic rings. The zero-order valence-corrected chi connectivity index (χ0v) is 11.0. The maximum absolute atomic E-state index is 12.7. The standard InChI is InChI=1S/C12H17FN2O.ClH/c1-8(14)12(16)15(3)9(2)10-4-6-11(13)7-5-10;/h4-9H,14H2,1-3H3;1H/t8-,9?;/m0./s1. The van der Waals surface area contributed by atoms with E-state index in [1.54, 1.807) is 31.0 Å². The Morgan fingerprint density at radius 3 is 2.18 bits per heavy atom. The van der Waals surface area contributed by atoms with Crippen LogP contribution in [-0.2, 0) is 4.79 Å². The number of carbonyl (C=O) groups excluding carboxylic acids is 1. The smallest absolute Gasteiger partial charge is 0.239 e. The van der Waals surface area contributed by atoms with E-state index in [-0.39, 0.29) is 30.2 Å². The molecule has 1 unspecified atom stereocenters. The van der Waals surface area contributed by atoms with Gasteiger partial charge in [-0.1, -0.05) is 12.1 Å². The highest BCUT2D eigenvalue weighted by Crippen LogP contribution is 2.19. The first-order chi connectivity index (χ1) is 7.43. The third-order valence-corrected chi connectivity index (χ3v) is 2.67. The Kier molecular flexibility index (Phi) is 6.13. The maximum Gasteiger partial charge on any atom is 0.239 e. The highest BCUT2D eigenvalue weighted by Gasteiger charge is 2.19. The van der Waals surface area contributed by atoms with Crippen LogP contribution in [0.4, 0.5) is 4.39 Å². The monoisotopic (exact) mass is 260 g/mol. The molecule has 0 heterocycles. The van der Waals surface area contributed by atoms with E-state index in [0.717, 1.165) is 5.56 Å². The summed E-state index contributed by atoms with van der Waals surface area (Å²) in [6, 6.07) is 5.48. The Hall–Kier alpha value is -1.13. The van der Waals surface area contributed by atoms with Crippen molar-refractivity contribution < 1.29 is 9.18 Å². The summed E-state index contributed by atoms with van der Waals surface area (Å²) in [7, 11) is 1.69. The Morgan fingerprint density at radius 1 is 1.29 bits per heavy atom. The van der Waals surface area contributed by atoms with Gasteiger partial charge >= 0.3 is 0 Å². The van der Waals surface area contributed by atoms with Crippen LogP contribution in [0.15, 0.2) is 24.3 Å². The van der Waals surface area contributed by atoms with Crippen molar-refractivity contribution in [2.75, 3.05) is 7.05 Å². The van der Waals surface area contributed by atoms with Crippen LogP contribution in [-0.4, -0.2) is 23.9 Å². The van der Waals surface area contributed by atoms with Gasteiger partial charge in [-0.2, -0.15) is 0 Å². The largest absolute Gasteiger partial charge is 0.338 e. The fourth-order valence-electron chi connectivity index (χ4n) is 1.48. The molecule has 17 heavy (non-hydrogen) atoms. The summed E-state index contributed by atoms with van der Waals surface area (Å²) in [6.45, 7) is 3.53. The molecular formula is C12H18ClFN2O. The lowest BCUT2D eigenvalue weighted by molar-refractivity contribution is -0.132. The van der Waals surface area contributed by atoms with Crippen LogP contribution < -0.4 is 5.73 Å². The number of carbonyl (C=O) groups is 1. The summed E-state index contributed by atoms with van der Waals surface area (Å²) in [6.07, 6.45) is 0. The Bertz CT molecular complexity index is 367. The summed E-state index contributed by atoms with van der Waals surface area (Å²) >= 11 is 0. The van der Waals surface area contributed by atoms with Gasteiger partial charge in [-0.05, 0) is 31.5 Å². The number of benzene rings is 1. The molecule has 5 heteroatoms. The first kappa shape index (κ1) is 15.9. The van der Waals surface area contributed by atoms with Crippen LogP contribution in [0.1, 0.15) is 25.5 Å². The summed E-state index contributed by atoms with van der Waals surface area (Å²) in [5.41, 5.74) is 6.41. The van der Waals surface area contributed by atoms with Crippen molar-refractivity contribution in [3.63, 3.8) is 0 Å². The molecule has 0 aliphatic carbocycles. The fraction of sp³-hybridized carbons (Fsp3) is 0.417. The number of likely N-dealkylation sites (N-methyl/N-ethyl adjacent to an activating group) is 1. The number of amides is 1. The van der Waals surface area contributed by atoms with Gasteiger partial charge < -0.3 is 10.6 Å². The van der Waals surface area contributed by atoms with Crippen LogP contribution in [0.5, 0.6) is 0 Å². The first-order valence-corrected chi connectivity index (χ1v) is 5.21. The molecule has 0 bridgehead atoms. The topological polar surface area (TPSA) is 46.3 Å². The zero-order chi connectivity index (χ0) is 12.3. The van der Waals surface area contributed by atoms with Crippen LogP contribution in [0.2, 0.25) is 0 Å². The van der Waals surface area contributed by atoms with Crippen molar-refractivity contribution in [2.24, 2.45) is 5.73 Å². The summed E-state index contributed by atoms with van der Waals surface area (Å²) in [5.74, 6) is -0.408. The van der Waals surface area contributed by atoms with Gasteiger partial charge in [0, 0.05) is 7.05 Å². The van der Waals surface area contributed by atoms with E-state index >= 15 is 0 Å². The van der Waals surface area contributed by atoms with Gasteiger partial charge in [-0.25, -0.2) is 4.39 Å². The van der Waals surface area contributed by atoms with Gasteiger partial charge in [0.25, 0.3) is 0 Å². The average molecular weight is 261 g/mol. The first-order valence-electron chi connectivity index (χ1n) is 5.21. The molecule has 0 radical (unpaired) electrons. The minimum Gasteiger partial charge on any atom is -0.338 e. The number of hydrogen-bond acceptors (Lipinski definition) is 2. The molecule has 0 fully saturated rings. The van der Waals surface area contributed by atoms with E-state index in [2.05, 4.69) is 0 Å². The predicted octanol–water partition coefficient (Wildman–Crippen LogP) is 2.11. The van der Waals surface area contributed by atoms with Crippen molar-refractivity contribution in [3.8, 4) is 0 Å². The second-order valence-corrected chi connectivity index (χ2v) is 3.97. The van der Waals surface area contributed by atoms with Gasteiger partial charge in [0.05, 0.1) is 12.1 Å². The second kappa shape index (κ2) is 6.57. The molecule has 2 atom stereocenters. The van der Waals surface area contributed by atoms with Gasteiger partial charge in [0.2, 0.25) is 5.91 Å². The molecular weight excluding hydrogens is 243 g/mol. The summed E-state index contributed by atoms with van der Waals surface area (Å²) < 4.78 is 12.7. The highest BCUT2D eigenvalue weighted by atomic mass is 35.5. The zero-order valence-electron chi connectivity index (χ0n) is 10.2. The lowest BCUT2D eigenvalue weighted by Gasteiger charge is -2.26. The van der Waals surface area contributed by atoms with Crippen molar-refractivity contribution >= 4 is 18.3 Å². The minimum atomic E-state index is -0.520. The van der Waals surface area contributed by atoms with Crippen molar-refractivity contribution in [3.05, 3.63) is 35.6 Å². The molecule has 96 valence electrons. The van der Waals surface area contributed by atoms with Crippen molar-refractivity contribution in [1.82, 2.24) is 4.90 Å². The van der Waals surface area contributed by atoms with E-state index in [1.165, 1.54) is 12.1 Å². The lowest BCUT2D eigenvalue weighted by atomic mass is 10.1. The van der Waals surface area contributed by atoms with Gasteiger partial charge in [0.1, 0.15) is 5.82 Å². The van der Waals surface area contributed by atoms with Crippen LogP contribution in [0, 0.1) is 5.82 Å².